The van der Waals surface area contributed by atoms with Crippen LogP contribution in [0.2, 0.25) is 0 Å². The summed E-state index contributed by atoms with van der Waals surface area (Å²) in [5, 5.41) is 10.9. The summed E-state index contributed by atoms with van der Waals surface area (Å²) < 4.78 is 0. The molecule has 2 heterocycles. The Kier molecular flexibility index (Phi) is 3.72. The van der Waals surface area contributed by atoms with Gasteiger partial charge in [-0.15, -0.1) is 11.3 Å². The zero-order valence-corrected chi connectivity index (χ0v) is 11.1. The minimum atomic E-state index is -0.823. The fourth-order valence-electron chi connectivity index (χ4n) is 1.62. The van der Waals surface area contributed by atoms with E-state index in [0.717, 1.165) is 10.6 Å². The van der Waals surface area contributed by atoms with Crippen LogP contribution in [0, 0.1) is 12.8 Å². The van der Waals surface area contributed by atoms with Gasteiger partial charge < -0.3 is 5.11 Å². The highest BCUT2D eigenvalue weighted by Crippen LogP contribution is 2.27. The lowest BCUT2D eigenvalue weighted by Crippen LogP contribution is -2.14. The lowest BCUT2D eigenvalue weighted by molar-refractivity contribution is -0.141. The molecule has 0 fully saturated rings. The molecule has 0 aliphatic carbocycles. The van der Waals surface area contributed by atoms with E-state index in [0.29, 0.717) is 12.2 Å². The van der Waals surface area contributed by atoms with Gasteiger partial charge in [-0.25, -0.2) is 9.97 Å². The van der Waals surface area contributed by atoms with Crippen LogP contribution in [-0.4, -0.2) is 21.0 Å². The molecule has 0 aliphatic heterocycles. The largest absolute Gasteiger partial charge is 0.481 e. The van der Waals surface area contributed by atoms with Gasteiger partial charge in [-0.3, -0.25) is 4.79 Å². The van der Waals surface area contributed by atoms with Crippen molar-refractivity contribution in [2.45, 2.75) is 20.3 Å². The van der Waals surface area contributed by atoms with Crippen LogP contribution in [0.3, 0.4) is 0 Å². The van der Waals surface area contributed by atoms with Crippen LogP contribution in [0.5, 0.6) is 0 Å². The predicted molar refractivity (Wildman–Crippen MR) is 70.6 cm³/mol. The molecule has 0 aliphatic rings. The average molecular weight is 262 g/mol. The summed E-state index contributed by atoms with van der Waals surface area (Å²) in [5.41, 5.74) is 2.04. The van der Waals surface area contributed by atoms with Crippen LogP contribution < -0.4 is 0 Å². The number of hydrogen-bond acceptors (Lipinski definition) is 4. The molecular weight excluding hydrogens is 248 g/mol. The van der Waals surface area contributed by atoms with Gasteiger partial charge in [-0.1, -0.05) is 6.92 Å². The van der Waals surface area contributed by atoms with E-state index in [1.54, 1.807) is 24.5 Å². The SMILES string of the molecule is Cc1ccsc1-c1ccnc(CC(C)C(=O)O)n1. The molecule has 0 amide bonds. The van der Waals surface area contributed by atoms with E-state index in [4.69, 9.17) is 5.11 Å². The van der Waals surface area contributed by atoms with Gasteiger partial charge in [0.2, 0.25) is 0 Å². The van der Waals surface area contributed by atoms with Crippen LogP contribution >= 0.6 is 11.3 Å². The van der Waals surface area contributed by atoms with Gasteiger partial charge >= 0.3 is 5.97 Å². The van der Waals surface area contributed by atoms with E-state index >= 15 is 0 Å². The van der Waals surface area contributed by atoms with E-state index in [9.17, 15) is 4.79 Å². The van der Waals surface area contributed by atoms with Gasteiger partial charge in [-0.2, -0.15) is 0 Å². The van der Waals surface area contributed by atoms with Crippen molar-refractivity contribution in [2.24, 2.45) is 5.92 Å². The molecule has 2 rings (SSSR count). The number of hydrogen-bond donors (Lipinski definition) is 1. The van der Waals surface area contributed by atoms with Crippen molar-refractivity contribution < 1.29 is 9.90 Å². The van der Waals surface area contributed by atoms with Crippen LogP contribution in [0.15, 0.2) is 23.7 Å². The van der Waals surface area contributed by atoms with Gasteiger partial charge in [0.1, 0.15) is 5.82 Å². The van der Waals surface area contributed by atoms with E-state index < -0.39 is 11.9 Å². The highest BCUT2D eigenvalue weighted by molar-refractivity contribution is 7.13. The molecule has 0 spiro atoms. The molecule has 4 nitrogen and oxygen atoms in total. The van der Waals surface area contributed by atoms with Crippen LogP contribution in [0.4, 0.5) is 0 Å². The maximum absolute atomic E-state index is 10.8. The Balaban J connectivity index is 2.26. The minimum absolute atomic E-state index is 0.355. The van der Waals surface area contributed by atoms with Gasteiger partial charge in [-0.05, 0) is 30.0 Å². The van der Waals surface area contributed by atoms with E-state index in [-0.39, 0.29) is 0 Å². The van der Waals surface area contributed by atoms with Crippen molar-refractivity contribution in [3.63, 3.8) is 0 Å². The summed E-state index contributed by atoms with van der Waals surface area (Å²) >= 11 is 1.63. The summed E-state index contributed by atoms with van der Waals surface area (Å²) in [7, 11) is 0. The first-order valence-corrected chi connectivity index (χ1v) is 6.55. The molecular formula is C13H14N2O2S. The number of aryl methyl sites for hydroxylation is 1. The molecule has 1 unspecified atom stereocenters. The minimum Gasteiger partial charge on any atom is -0.481 e. The van der Waals surface area contributed by atoms with Crippen molar-refractivity contribution in [2.75, 3.05) is 0 Å². The number of carboxylic acids is 1. The summed E-state index contributed by atoms with van der Waals surface area (Å²) in [6, 6.07) is 3.90. The number of carboxylic acid groups (broad SMARTS) is 1. The zero-order valence-electron chi connectivity index (χ0n) is 10.3. The maximum atomic E-state index is 10.8. The second kappa shape index (κ2) is 5.27. The second-order valence-electron chi connectivity index (χ2n) is 4.23. The standard InChI is InChI=1S/C13H14N2O2S/c1-8-4-6-18-12(8)10-3-5-14-11(15-10)7-9(2)13(16)17/h3-6,9H,7H2,1-2H3,(H,16,17). The molecule has 0 bridgehead atoms. The molecule has 2 aromatic rings. The third-order valence-electron chi connectivity index (χ3n) is 2.71. The monoisotopic (exact) mass is 262 g/mol. The molecule has 1 atom stereocenters. The summed E-state index contributed by atoms with van der Waals surface area (Å²) in [4.78, 5) is 20.5. The third-order valence-corrected chi connectivity index (χ3v) is 3.75. The van der Waals surface area contributed by atoms with Gasteiger partial charge in [0.25, 0.3) is 0 Å². The van der Waals surface area contributed by atoms with Crippen molar-refractivity contribution in [1.29, 1.82) is 0 Å². The number of aliphatic carboxylic acids is 1. The second-order valence-corrected chi connectivity index (χ2v) is 5.15. The quantitative estimate of drug-likeness (QED) is 0.920. The van der Waals surface area contributed by atoms with Crippen LogP contribution in [0.1, 0.15) is 18.3 Å². The lowest BCUT2D eigenvalue weighted by Gasteiger charge is -2.06. The molecule has 18 heavy (non-hydrogen) atoms. The summed E-state index contributed by atoms with van der Waals surface area (Å²) in [5.74, 6) is -0.712. The molecule has 1 N–H and O–H groups in total. The summed E-state index contributed by atoms with van der Waals surface area (Å²) in [6.07, 6.45) is 2.04. The number of aromatic nitrogens is 2. The number of nitrogens with zero attached hydrogens (tertiary/aromatic N) is 2. The molecule has 5 heteroatoms. The Morgan fingerprint density at radius 2 is 2.28 bits per heavy atom. The van der Waals surface area contributed by atoms with Gasteiger partial charge in [0.15, 0.2) is 0 Å². The van der Waals surface area contributed by atoms with Gasteiger partial charge in [0, 0.05) is 12.6 Å². The van der Waals surface area contributed by atoms with Crippen molar-refractivity contribution in [3.05, 3.63) is 35.1 Å². The Labute approximate surface area is 109 Å². The normalized spacial score (nSPS) is 12.3. The van der Waals surface area contributed by atoms with Crippen LogP contribution in [-0.2, 0) is 11.2 Å². The maximum Gasteiger partial charge on any atom is 0.306 e. The van der Waals surface area contributed by atoms with Crippen molar-refractivity contribution >= 4 is 17.3 Å². The van der Waals surface area contributed by atoms with E-state index in [2.05, 4.69) is 9.97 Å². The number of rotatable bonds is 4. The fourth-order valence-corrected chi connectivity index (χ4v) is 2.52. The zero-order chi connectivity index (χ0) is 13.1. The van der Waals surface area contributed by atoms with Crippen molar-refractivity contribution in [1.82, 2.24) is 9.97 Å². The molecule has 0 radical (unpaired) electrons. The molecule has 2 aromatic heterocycles. The molecule has 0 saturated heterocycles. The third kappa shape index (κ3) is 2.73. The first-order valence-electron chi connectivity index (χ1n) is 5.67. The average Bonchev–Trinajstić information content (AvgIpc) is 2.75. The number of thiophene rings is 1. The lowest BCUT2D eigenvalue weighted by atomic mass is 10.1. The highest BCUT2D eigenvalue weighted by atomic mass is 32.1. The molecule has 0 aromatic carbocycles. The van der Waals surface area contributed by atoms with E-state index in [1.165, 1.54) is 5.56 Å². The Morgan fingerprint density at radius 1 is 1.50 bits per heavy atom. The van der Waals surface area contributed by atoms with E-state index in [1.807, 2.05) is 24.4 Å². The molecule has 0 saturated carbocycles. The Bertz CT molecular complexity index is 566. The topological polar surface area (TPSA) is 63.1 Å². The first kappa shape index (κ1) is 12.7. The predicted octanol–water partition coefficient (Wildman–Crippen LogP) is 2.78. The first-order chi connectivity index (χ1) is 8.58. The Morgan fingerprint density at radius 3 is 2.89 bits per heavy atom. The van der Waals surface area contributed by atoms with Gasteiger partial charge in [0.05, 0.1) is 16.5 Å². The fraction of sp³-hybridized carbons (Fsp3) is 0.308. The highest BCUT2D eigenvalue weighted by Gasteiger charge is 2.14. The smallest absolute Gasteiger partial charge is 0.306 e. The van der Waals surface area contributed by atoms with Crippen molar-refractivity contribution in [3.8, 4) is 10.6 Å². The Hall–Kier alpha value is -1.75. The number of carbonyl (C=O) groups is 1. The molecule has 94 valence electrons. The summed E-state index contributed by atoms with van der Waals surface area (Å²) in [6.45, 7) is 3.70. The van der Waals surface area contributed by atoms with Crippen LogP contribution in [0.25, 0.3) is 10.6 Å².